The second kappa shape index (κ2) is 9.15. The Morgan fingerprint density at radius 2 is 1.90 bits per heavy atom. The summed E-state index contributed by atoms with van der Waals surface area (Å²) in [5, 5.41) is 39.3. The number of unbranched alkanes of at least 4 members (excludes halogenated alkanes) is 2. The minimum atomic E-state index is -1.22. The molecule has 0 aromatic carbocycles. The normalized spacial score (nSPS) is 34.0. The highest BCUT2D eigenvalue weighted by Crippen LogP contribution is 2.17. The summed E-state index contributed by atoms with van der Waals surface area (Å²) in [5.41, 5.74) is 0. The van der Waals surface area contributed by atoms with Crippen molar-refractivity contribution in [2.24, 2.45) is 0 Å². The monoisotopic (exact) mass is 302 g/mol. The van der Waals surface area contributed by atoms with Crippen molar-refractivity contribution in [2.75, 3.05) is 0 Å². The van der Waals surface area contributed by atoms with Crippen LogP contribution in [0, 0.1) is 0 Å². The predicted octanol–water partition coefficient (Wildman–Crippen LogP) is 0.272. The maximum absolute atomic E-state index is 11.7. The van der Waals surface area contributed by atoms with Crippen LogP contribution in [0.4, 0.5) is 0 Å². The van der Waals surface area contributed by atoms with Gasteiger partial charge in [0, 0.05) is 6.42 Å². The minimum Gasteiger partial charge on any atom is -0.456 e. The first-order valence-corrected chi connectivity index (χ1v) is 7.55. The zero-order chi connectivity index (χ0) is 15.8. The number of cyclic esters (lactones) is 1. The zero-order valence-electron chi connectivity index (χ0n) is 12.4. The lowest BCUT2D eigenvalue weighted by molar-refractivity contribution is -0.163. The molecule has 0 saturated heterocycles. The average molecular weight is 302 g/mol. The molecule has 5 unspecified atom stereocenters. The quantitative estimate of drug-likeness (QED) is 0.330. The van der Waals surface area contributed by atoms with E-state index in [1.54, 1.807) is 0 Å². The summed E-state index contributed by atoms with van der Waals surface area (Å²) in [5.74, 6) is -0.602. The minimum absolute atomic E-state index is 0.0685. The Morgan fingerprint density at radius 3 is 2.57 bits per heavy atom. The van der Waals surface area contributed by atoms with Crippen LogP contribution in [0.1, 0.15) is 45.4 Å². The standard InChI is InChI=1S/C15H26O6/c1-2-3-4-5-12(18)15-13(19)7-6-10(16)11(17)8-9-14(20)21-15/h6-7,10-13,15-19H,2-5,8-9H2,1H3/b7-6+. The molecule has 0 spiro atoms. The van der Waals surface area contributed by atoms with Crippen LogP contribution < -0.4 is 0 Å². The maximum Gasteiger partial charge on any atom is 0.306 e. The van der Waals surface area contributed by atoms with Gasteiger partial charge in [-0.25, -0.2) is 0 Å². The van der Waals surface area contributed by atoms with E-state index in [0.717, 1.165) is 19.3 Å². The van der Waals surface area contributed by atoms with Gasteiger partial charge in [-0.05, 0) is 12.8 Å². The topological polar surface area (TPSA) is 107 Å². The Labute approximate surface area is 125 Å². The number of aliphatic hydroxyl groups excluding tert-OH is 4. The Bertz CT molecular complexity index is 343. The molecule has 0 radical (unpaired) electrons. The molecular formula is C15H26O6. The number of rotatable bonds is 5. The second-order valence-electron chi connectivity index (χ2n) is 5.49. The van der Waals surface area contributed by atoms with E-state index in [2.05, 4.69) is 0 Å². The molecule has 0 aliphatic carbocycles. The van der Waals surface area contributed by atoms with Crippen LogP contribution in [0.5, 0.6) is 0 Å². The van der Waals surface area contributed by atoms with Crippen LogP contribution in [0.3, 0.4) is 0 Å². The van der Waals surface area contributed by atoms with Gasteiger partial charge in [0.15, 0.2) is 6.10 Å². The van der Waals surface area contributed by atoms with Crippen molar-refractivity contribution < 1.29 is 30.0 Å². The third-order valence-corrected chi connectivity index (χ3v) is 3.63. The average Bonchev–Trinajstić information content (AvgIpc) is 2.46. The fourth-order valence-electron chi connectivity index (χ4n) is 2.26. The van der Waals surface area contributed by atoms with Crippen LogP contribution in [-0.2, 0) is 9.53 Å². The zero-order valence-corrected chi connectivity index (χ0v) is 12.4. The summed E-state index contributed by atoms with van der Waals surface area (Å²) < 4.78 is 5.13. The van der Waals surface area contributed by atoms with Crippen LogP contribution in [-0.4, -0.2) is 56.9 Å². The van der Waals surface area contributed by atoms with E-state index in [1.807, 2.05) is 6.92 Å². The number of hydrogen-bond donors (Lipinski definition) is 4. The lowest BCUT2D eigenvalue weighted by Crippen LogP contribution is -2.41. The van der Waals surface area contributed by atoms with Crippen LogP contribution in [0.15, 0.2) is 12.2 Å². The molecule has 0 bridgehead atoms. The van der Waals surface area contributed by atoms with E-state index in [1.165, 1.54) is 12.2 Å². The molecule has 1 heterocycles. The lowest BCUT2D eigenvalue weighted by Gasteiger charge is -2.27. The molecule has 1 aliphatic rings. The molecule has 0 aromatic heterocycles. The molecule has 6 heteroatoms. The van der Waals surface area contributed by atoms with Crippen LogP contribution >= 0.6 is 0 Å². The van der Waals surface area contributed by atoms with Gasteiger partial charge in [0.05, 0.1) is 18.3 Å². The summed E-state index contributed by atoms with van der Waals surface area (Å²) in [7, 11) is 0. The molecule has 0 fully saturated rings. The number of aliphatic hydroxyl groups is 4. The van der Waals surface area contributed by atoms with Crippen molar-refractivity contribution in [3.63, 3.8) is 0 Å². The smallest absolute Gasteiger partial charge is 0.306 e. The first-order valence-electron chi connectivity index (χ1n) is 7.55. The van der Waals surface area contributed by atoms with Gasteiger partial charge in [-0.3, -0.25) is 4.79 Å². The highest BCUT2D eigenvalue weighted by molar-refractivity contribution is 5.69. The number of ether oxygens (including phenoxy) is 1. The van der Waals surface area contributed by atoms with Gasteiger partial charge in [-0.1, -0.05) is 38.3 Å². The highest BCUT2D eigenvalue weighted by atomic mass is 16.6. The second-order valence-corrected chi connectivity index (χ2v) is 5.49. The van der Waals surface area contributed by atoms with E-state index in [0.29, 0.717) is 6.42 Å². The number of hydrogen-bond acceptors (Lipinski definition) is 6. The molecule has 0 amide bonds. The Balaban J connectivity index is 2.74. The van der Waals surface area contributed by atoms with Gasteiger partial charge in [0.25, 0.3) is 0 Å². The fourth-order valence-corrected chi connectivity index (χ4v) is 2.26. The molecule has 122 valence electrons. The summed E-state index contributed by atoms with van der Waals surface area (Å²) in [4.78, 5) is 11.7. The maximum atomic E-state index is 11.7. The lowest BCUT2D eigenvalue weighted by atomic mass is 9.99. The third kappa shape index (κ3) is 6.13. The van der Waals surface area contributed by atoms with Gasteiger partial charge >= 0.3 is 5.97 Å². The van der Waals surface area contributed by atoms with Gasteiger partial charge in [0.1, 0.15) is 6.10 Å². The molecule has 1 rings (SSSR count). The highest BCUT2D eigenvalue weighted by Gasteiger charge is 2.30. The van der Waals surface area contributed by atoms with Crippen molar-refractivity contribution in [3.05, 3.63) is 12.2 Å². The molecular weight excluding hydrogens is 276 g/mol. The van der Waals surface area contributed by atoms with Crippen molar-refractivity contribution in [3.8, 4) is 0 Å². The third-order valence-electron chi connectivity index (χ3n) is 3.63. The molecule has 1 aliphatic heterocycles. The number of carbonyl (C=O) groups excluding carboxylic acids is 1. The van der Waals surface area contributed by atoms with Crippen molar-refractivity contribution >= 4 is 5.97 Å². The van der Waals surface area contributed by atoms with E-state index in [4.69, 9.17) is 4.74 Å². The molecule has 0 saturated carbocycles. The first kappa shape index (κ1) is 18.1. The largest absolute Gasteiger partial charge is 0.456 e. The Morgan fingerprint density at radius 1 is 1.24 bits per heavy atom. The Kier molecular flexibility index (Phi) is 7.88. The SMILES string of the molecule is CCCCCC(O)C1OC(=O)CCC(O)C(O)/C=C/C1O. The van der Waals surface area contributed by atoms with Crippen LogP contribution in [0.2, 0.25) is 0 Å². The Hall–Kier alpha value is -0.950. The van der Waals surface area contributed by atoms with E-state index >= 15 is 0 Å². The first-order chi connectivity index (χ1) is 9.95. The number of carbonyl (C=O) groups is 1. The summed E-state index contributed by atoms with van der Waals surface area (Å²) in [6, 6.07) is 0. The van der Waals surface area contributed by atoms with Crippen molar-refractivity contribution in [1.82, 2.24) is 0 Å². The van der Waals surface area contributed by atoms with E-state index < -0.39 is 36.5 Å². The number of esters is 1. The molecule has 21 heavy (non-hydrogen) atoms. The van der Waals surface area contributed by atoms with E-state index in [9.17, 15) is 25.2 Å². The summed E-state index contributed by atoms with van der Waals surface area (Å²) in [6.07, 6.45) is 0.232. The molecule has 0 aromatic rings. The summed E-state index contributed by atoms with van der Waals surface area (Å²) in [6.45, 7) is 2.04. The van der Waals surface area contributed by atoms with Gasteiger partial charge in [0.2, 0.25) is 0 Å². The molecule has 5 atom stereocenters. The van der Waals surface area contributed by atoms with Gasteiger partial charge in [-0.15, -0.1) is 0 Å². The fraction of sp³-hybridized carbons (Fsp3) is 0.800. The molecule has 4 N–H and O–H groups in total. The van der Waals surface area contributed by atoms with Crippen LogP contribution in [0.25, 0.3) is 0 Å². The summed E-state index contributed by atoms with van der Waals surface area (Å²) >= 11 is 0. The molecule has 6 nitrogen and oxygen atoms in total. The van der Waals surface area contributed by atoms with Gasteiger partial charge < -0.3 is 25.2 Å². The predicted molar refractivity (Wildman–Crippen MR) is 76.4 cm³/mol. The van der Waals surface area contributed by atoms with Gasteiger partial charge in [-0.2, -0.15) is 0 Å². The van der Waals surface area contributed by atoms with E-state index in [-0.39, 0.29) is 12.8 Å². The van der Waals surface area contributed by atoms with Crippen molar-refractivity contribution in [1.29, 1.82) is 0 Å². The van der Waals surface area contributed by atoms with Crippen molar-refractivity contribution in [2.45, 2.75) is 76.0 Å².